The lowest BCUT2D eigenvalue weighted by atomic mass is 10.2. The van der Waals surface area contributed by atoms with Crippen molar-refractivity contribution in [1.29, 1.82) is 0 Å². The molecule has 7 heteroatoms. The molecule has 0 saturated carbocycles. The van der Waals surface area contributed by atoms with E-state index in [9.17, 15) is 17.6 Å². The van der Waals surface area contributed by atoms with Crippen LogP contribution in [0.15, 0.2) is 53.4 Å². The SMILES string of the molecule is CCN(CC)S(=O)(=O)c1ccc(/C=C/C(=O)Nc2ccc(C)c(F)c2)cc1. The molecular weight excluding hydrogens is 367 g/mol. The largest absolute Gasteiger partial charge is 0.322 e. The number of benzene rings is 2. The van der Waals surface area contributed by atoms with Crippen molar-refractivity contribution in [3.05, 3.63) is 65.5 Å². The molecule has 0 heterocycles. The minimum atomic E-state index is -3.50. The second-order valence-corrected chi connectivity index (χ2v) is 7.88. The first-order valence-electron chi connectivity index (χ1n) is 8.63. The Morgan fingerprint density at radius 2 is 1.74 bits per heavy atom. The number of hydrogen-bond donors (Lipinski definition) is 1. The number of nitrogens with zero attached hydrogens (tertiary/aromatic N) is 1. The predicted molar refractivity (Wildman–Crippen MR) is 105 cm³/mol. The molecule has 2 aromatic rings. The van der Waals surface area contributed by atoms with Crippen molar-refractivity contribution < 1.29 is 17.6 Å². The maximum atomic E-state index is 13.5. The van der Waals surface area contributed by atoms with Crippen molar-refractivity contribution >= 4 is 27.7 Å². The molecule has 0 aliphatic rings. The van der Waals surface area contributed by atoms with Gasteiger partial charge in [-0.1, -0.05) is 32.0 Å². The highest BCUT2D eigenvalue weighted by Gasteiger charge is 2.20. The standard InChI is InChI=1S/C20H23FN2O3S/c1-4-23(5-2)27(25,26)18-11-7-16(8-12-18)9-13-20(24)22-17-10-6-15(3)19(21)14-17/h6-14H,4-5H2,1-3H3,(H,22,24)/b13-9+. The summed E-state index contributed by atoms with van der Waals surface area (Å²) in [4.78, 5) is 12.2. The third-order valence-electron chi connectivity index (χ3n) is 4.09. The number of rotatable bonds is 7. The normalized spacial score (nSPS) is 11.9. The van der Waals surface area contributed by atoms with E-state index >= 15 is 0 Å². The second-order valence-electron chi connectivity index (χ2n) is 5.94. The van der Waals surface area contributed by atoms with Gasteiger partial charge < -0.3 is 5.32 Å². The highest BCUT2D eigenvalue weighted by Crippen LogP contribution is 2.17. The molecule has 0 unspecified atom stereocenters. The number of amides is 1. The Kier molecular flexibility index (Phi) is 6.87. The van der Waals surface area contributed by atoms with Crippen LogP contribution in [0.4, 0.5) is 10.1 Å². The molecule has 0 saturated heterocycles. The summed E-state index contributed by atoms with van der Waals surface area (Å²) >= 11 is 0. The second kappa shape index (κ2) is 8.92. The molecule has 27 heavy (non-hydrogen) atoms. The van der Waals surface area contributed by atoms with Crippen LogP contribution in [0.3, 0.4) is 0 Å². The smallest absolute Gasteiger partial charge is 0.248 e. The van der Waals surface area contributed by atoms with Gasteiger partial charge in [-0.25, -0.2) is 12.8 Å². The Morgan fingerprint density at radius 1 is 1.11 bits per heavy atom. The van der Waals surface area contributed by atoms with Crippen LogP contribution in [0.25, 0.3) is 6.08 Å². The molecule has 0 aliphatic heterocycles. The van der Waals surface area contributed by atoms with Crippen molar-refractivity contribution in [3.8, 4) is 0 Å². The Morgan fingerprint density at radius 3 is 2.30 bits per heavy atom. The fourth-order valence-corrected chi connectivity index (χ4v) is 3.95. The lowest BCUT2D eigenvalue weighted by Gasteiger charge is -2.18. The summed E-state index contributed by atoms with van der Waals surface area (Å²) in [6.45, 7) is 6.03. The maximum absolute atomic E-state index is 13.5. The molecule has 1 amide bonds. The first-order valence-corrected chi connectivity index (χ1v) is 10.1. The van der Waals surface area contributed by atoms with Crippen LogP contribution in [-0.4, -0.2) is 31.7 Å². The van der Waals surface area contributed by atoms with Crippen molar-refractivity contribution in [2.24, 2.45) is 0 Å². The van der Waals surface area contributed by atoms with Crippen LogP contribution in [0.1, 0.15) is 25.0 Å². The maximum Gasteiger partial charge on any atom is 0.248 e. The summed E-state index contributed by atoms with van der Waals surface area (Å²) in [6, 6.07) is 10.8. The monoisotopic (exact) mass is 390 g/mol. The van der Waals surface area contributed by atoms with Gasteiger partial charge in [-0.2, -0.15) is 4.31 Å². The lowest BCUT2D eigenvalue weighted by Crippen LogP contribution is -2.30. The van der Waals surface area contributed by atoms with E-state index in [0.29, 0.717) is 29.9 Å². The molecule has 0 atom stereocenters. The Labute approximate surface area is 159 Å². The highest BCUT2D eigenvalue weighted by molar-refractivity contribution is 7.89. The van der Waals surface area contributed by atoms with E-state index in [1.165, 1.54) is 28.6 Å². The number of halogens is 1. The first kappa shape index (κ1) is 20.8. The van der Waals surface area contributed by atoms with E-state index in [1.54, 1.807) is 51.1 Å². The molecule has 5 nitrogen and oxygen atoms in total. The molecule has 0 fully saturated rings. The van der Waals surface area contributed by atoms with Crippen LogP contribution in [-0.2, 0) is 14.8 Å². The van der Waals surface area contributed by atoms with Crippen molar-refractivity contribution in [2.45, 2.75) is 25.7 Å². The van der Waals surface area contributed by atoms with E-state index in [4.69, 9.17) is 0 Å². The molecule has 0 bridgehead atoms. The van der Waals surface area contributed by atoms with Gasteiger partial charge in [0.15, 0.2) is 0 Å². The Hall–Kier alpha value is -2.51. The summed E-state index contributed by atoms with van der Waals surface area (Å²) in [5, 5.41) is 2.58. The Bertz CT molecular complexity index is 934. The van der Waals surface area contributed by atoms with E-state index in [-0.39, 0.29) is 10.7 Å². The third kappa shape index (κ3) is 5.24. The van der Waals surface area contributed by atoms with Gasteiger partial charge in [0.2, 0.25) is 15.9 Å². The molecule has 0 radical (unpaired) electrons. The average Bonchev–Trinajstić information content (AvgIpc) is 2.64. The quantitative estimate of drug-likeness (QED) is 0.731. The highest BCUT2D eigenvalue weighted by atomic mass is 32.2. The van der Waals surface area contributed by atoms with Gasteiger partial charge in [-0.15, -0.1) is 0 Å². The summed E-state index contributed by atoms with van der Waals surface area (Å²) < 4.78 is 39.8. The predicted octanol–water partition coefficient (Wildman–Crippen LogP) is 3.82. The summed E-state index contributed by atoms with van der Waals surface area (Å²) in [7, 11) is -3.50. The molecule has 0 aromatic heterocycles. The van der Waals surface area contributed by atoms with Crippen LogP contribution in [0.5, 0.6) is 0 Å². The molecule has 1 N–H and O–H groups in total. The van der Waals surface area contributed by atoms with Gasteiger partial charge in [-0.05, 0) is 48.4 Å². The van der Waals surface area contributed by atoms with Crippen LogP contribution < -0.4 is 5.32 Å². The van der Waals surface area contributed by atoms with Crippen LogP contribution in [0.2, 0.25) is 0 Å². The number of sulfonamides is 1. The van der Waals surface area contributed by atoms with Gasteiger partial charge in [0.1, 0.15) is 5.82 Å². The average molecular weight is 390 g/mol. The first-order chi connectivity index (χ1) is 12.8. The third-order valence-corrected chi connectivity index (χ3v) is 6.15. The minimum absolute atomic E-state index is 0.211. The zero-order valence-corrected chi connectivity index (χ0v) is 16.4. The minimum Gasteiger partial charge on any atom is -0.322 e. The summed E-state index contributed by atoms with van der Waals surface area (Å²) in [5.41, 5.74) is 1.55. The molecular formula is C20H23FN2O3S. The van der Waals surface area contributed by atoms with E-state index in [2.05, 4.69) is 5.32 Å². The number of anilines is 1. The van der Waals surface area contributed by atoms with Crippen molar-refractivity contribution in [3.63, 3.8) is 0 Å². The van der Waals surface area contributed by atoms with Gasteiger partial charge in [-0.3, -0.25) is 4.79 Å². The van der Waals surface area contributed by atoms with Crippen molar-refractivity contribution in [2.75, 3.05) is 18.4 Å². The number of carbonyl (C=O) groups is 1. The molecule has 2 aromatic carbocycles. The number of carbonyl (C=O) groups excluding carboxylic acids is 1. The molecule has 144 valence electrons. The van der Waals surface area contributed by atoms with E-state index < -0.39 is 15.9 Å². The van der Waals surface area contributed by atoms with Crippen LogP contribution >= 0.6 is 0 Å². The van der Waals surface area contributed by atoms with Crippen molar-refractivity contribution in [1.82, 2.24) is 4.31 Å². The zero-order valence-electron chi connectivity index (χ0n) is 15.6. The topological polar surface area (TPSA) is 66.5 Å². The molecule has 0 spiro atoms. The van der Waals surface area contributed by atoms with E-state index in [0.717, 1.165) is 0 Å². The fraction of sp³-hybridized carbons (Fsp3) is 0.250. The number of hydrogen-bond acceptors (Lipinski definition) is 3. The van der Waals surface area contributed by atoms with Gasteiger partial charge in [0, 0.05) is 24.9 Å². The van der Waals surface area contributed by atoms with Gasteiger partial charge in [0.05, 0.1) is 4.90 Å². The zero-order chi connectivity index (χ0) is 20.0. The van der Waals surface area contributed by atoms with E-state index in [1.807, 2.05) is 0 Å². The Balaban J connectivity index is 2.07. The number of nitrogens with one attached hydrogen (secondary N) is 1. The molecule has 0 aliphatic carbocycles. The summed E-state index contributed by atoms with van der Waals surface area (Å²) in [6.07, 6.45) is 2.87. The lowest BCUT2D eigenvalue weighted by molar-refractivity contribution is -0.111. The summed E-state index contributed by atoms with van der Waals surface area (Å²) in [5.74, 6) is -0.792. The molecule has 2 rings (SSSR count). The van der Waals surface area contributed by atoms with Crippen LogP contribution in [0, 0.1) is 12.7 Å². The fourth-order valence-electron chi connectivity index (χ4n) is 2.49. The van der Waals surface area contributed by atoms with Gasteiger partial charge >= 0.3 is 0 Å². The number of aryl methyl sites for hydroxylation is 1. The van der Waals surface area contributed by atoms with Gasteiger partial charge in [0.25, 0.3) is 0 Å².